The topological polar surface area (TPSA) is 18.5 Å². The van der Waals surface area contributed by atoms with E-state index in [9.17, 15) is 0 Å². The maximum Gasteiger partial charge on any atom is 0.126 e. The highest BCUT2D eigenvalue weighted by Gasteiger charge is 2.19. The molecule has 0 aliphatic carbocycles. The van der Waals surface area contributed by atoms with Crippen LogP contribution in [0.1, 0.15) is 0 Å². The molecule has 0 amide bonds. The lowest BCUT2D eigenvalue weighted by atomic mass is 10.3. The number of hydrogen-bond donors (Lipinski definition) is 0. The van der Waals surface area contributed by atoms with E-state index in [0.29, 0.717) is 0 Å². The summed E-state index contributed by atoms with van der Waals surface area (Å²) in [6.07, 6.45) is 2.86. The third-order valence-electron chi connectivity index (χ3n) is 3.06. The van der Waals surface area contributed by atoms with Crippen LogP contribution in [0, 0.1) is 0 Å². The summed E-state index contributed by atoms with van der Waals surface area (Å²) in [6.45, 7) is 3.90. The van der Waals surface area contributed by atoms with Gasteiger partial charge in [-0.2, -0.15) is 0 Å². The molecule has 20 heavy (non-hydrogen) atoms. The zero-order valence-corrected chi connectivity index (χ0v) is 12.8. The molecular weight excluding hydrogens is 267 g/mol. The molecule has 0 radical (unpaired) electrons. The van der Waals surface area contributed by atoms with Crippen molar-refractivity contribution in [2.75, 3.05) is 20.4 Å². The van der Waals surface area contributed by atoms with Gasteiger partial charge in [-0.1, -0.05) is 42.5 Å². The highest BCUT2D eigenvalue weighted by molar-refractivity contribution is 7.73. The number of allylic oxidation sites excluding steroid dienone is 1. The Kier molecular flexibility index (Phi) is 5.20. The lowest BCUT2D eigenvalue weighted by Crippen LogP contribution is -2.17. The predicted molar refractivity (Wildman–Crippen MR) is 87.2 cm³/mol. The Labute approximate surface area is 121 Å². The van der Waals surface area contributed by atoms with Gasteiger partial charge in [-0.25, -0.2) is 0 Å². The molecule has 2 aromatic carbocycles. The normalized spacial score (nSPS) is 10.3. The second-order valence-electron chi connectivity index (χ2n) is 4.24. The lowest BCUT2D eigenvalue weighted by molar-refractivity contribution is 0.417. The SMILES string of the molecule is C=CCP(c1ccccc1OC)c1ccccc1OC. The van der Waals surface area contributed by atoms with E-state index in [2.05, 4.69) is 18.7 Å². The Morgan fingerprint density at radius 1 is 0.900 bits per heavy atom. The molecule has 2 rings (SSSR count). The van der Waals surface area contributed by atoms with E-state index in [1.165, 1.54) is 10.6 Å². The number of ether oxygens (including phenoxy) is 2. The van der Waals surface area contributed by atoms with E-state index >= 15 is 0 Å². The molecule has 2 aromatic rings. The van der Waals surface area contributed by atoms with Gasteiger partial charge in [-0.15, -0.1) is 6.58 Å². The fraction of sp³-hybridized carbons (Fsp3) is 0.176. The van der Waals surface area contributed by atoms with Crippen LogP contribution in [0.15, 0.2) is 61.2 Å². The summed E-state index contributed by atoms with van der Waals surface area (Å²) in [5.74, 6) is 1.85. The summed E-state index contributed by atoms with van der Waals surface area (Å²) < 4.78 is 11.0. The first-order valence-corrected chi connectivity index (χ1v) is 7.99. The molecule has 0 N–H and O–H groups in total. The van der Waals surface area contributed by atoms with E-state index in [-0.39, 0.29) is 0 Å². The highest BCUT2D eigenvalue weighted by atomic mass is 31.1. The van der Waals surface area contributed by atoms with Crippen molar-refractivity contribution in [2.24, 2.45) is 0 Å². The second-order valence-corrected chi connectivity index (χ2v) is 6.43. The van der Waals surface area contributed by atoms with Crippen LogP contribution in [-0.4, -0.2) is 20.4 Å². The maximum absolute atomic E-state index is 5.51. The number of hydrogen-bond acceptors (Lipinski definition) is 2. The Morgan fingerprint density at radius 2 is 1.35 bits per heavy atom. The number of benzene rings is 2. The molecule has 0 saturated heterocycles. The first kappa shape index (κ1) is 14.6. The van der Waals surface area contributed by atoms with Crippen LogP contribution in [0.5, 0.6) is 11.5 Å². The molecule has 0 heterocycles. The summed E-state index contributed by atoms with van der Waals surface area (Å²) in [7, 11) is 2.85. The van der Waals surface area contributed by atoms with Gasteiger partial charge in [0.2, 0.25) is 0 Å². The van der Waals surface area contributed by atoms with E-state index in [0.717, 1.165) is 17.7 Å². The Morgan fingerprint density at radius 3 is 1.75 bits per heavy atom. The van der Waals surface area contributed by atoms with E-state index < -0.39 is 7.92 Å². The van der Waals surface area contributed by atoms with Crippen molar-refractivity contribution in [1.82, 2.24) is 0 Å². The monoisotopic (exact) mass is 286 g/mol. The Hall–Kier alpha value is -1.79. The molecule has 0 aliphatic heterocycles. The van der Waals surface area contributed by atoms with Crippen molar-refractivity contribution < 1.29 is 9.47 Å². The van der Waals surface area contributed by atoms with Gasteiger partial charge in [0, 0.05) is 10.6 Å². The van der Waals surface area contributed by atoms with Gasteiger partial charge in [0.15, 0.2) is 0 Å². The van der Waals surface area contributed by atoms with Gasteiger partial charge >= 0.3 is 0 Å². The Bertz CT molecular complexity index is 533. The molecule has 2 nitrogen and oxygen atoms in total. The van der Waals surface area contributed by atoms with Crippen LogP contribution >= 0.6 is 7.92 Å². The zero-order chi connectivity index (χ0) is 14.4. The third kappa shape index (κ3) is 3.02. The second kappa shape index (κ2) is 7.12. The molecule has 0 aromatic heterocycles. The van der Waals surface area contributed by atoms with Crippen molar-refractivity contribution in [3.8, 4) is 11.5 Å². The number of rotatable bonds is 6. The standard InChI is InChI=1S/C17H19O2P/c1-4-13-20(16-11-7-5-9-14(16)18-2)17-12-8-6-10-15(17)19-3/h4-12H,1,13H2,2-3H3. The number of para-hydroxylation sites is 2. The minimum Gasteiger partial charge on any atom is -0.496 e. The quantitative estimate of drug-likeness (QED) is 0.599. The molecule has 0 spiro atoms. The molecule has 0 fully saturated rings. The molecule has 0 unspecified atom stereocenters. The molecule has 0 aliphatic rings. The molecule has 0 atom stereocenters. The average molecular weight is 286 g/mol. The summed E-state index contributed by atoms with van der Waals surface area (Å²) in [5, 5.41) is 2.43. The molecular formula is C17H19O2P. The molecule has 3 heteroatoms. The van der Waals surface area contributed by atoms with Crippen molar-refractivity contribution in [3.63, 3.8) is 0 Å². The highest BCUT2D eigenvalue weighted by Crippen LogP contribution is 2.39. The zero-order valence-electron chi connectivity index (χ0n) is 11.9. The molecule has 104 valence electrons. The smallest absolute Gasteiger partial charge is 0.126 e. The van der Waals surface area contributed by atoms with Crippen LogP contribution in [-0.2, 0) is 0 Å². The third-order valence-corrected chi connectivity index (χ3v) is 5.59. The maximum atomic E-state index is 5.51. The van der Waals surface area contributed by atoms with Crippen molar-refractivity contribution in [3.05, 3.63) is 61.2 Å². The van der Waals surface area contributed by atoms with Crippen LogP contribution in [0.2, 0.25) is 0 Å². The van der Waals surface area contributed by atoms with Gasteiger partial charge in [-0.3, -0.25) is 0 Å². The van der Waals surface area contributed by atoms with Crippen molar-refractivity contribution >= 4 is 18.5 Å². The first-order valence-electron chi connectivity index (χ1n) is 6.46. The van der Waals surface area contributed by atoms with Crippen LogP contribution in [0.25, 0.3) is 0 Å². The van der Waals surface area contributed by atoms with E-state index in [1.54, 1.807) is 14.2 Å². The Balaban J connectivity index is 2.53. The van der Waals surface area contributed by atoms with Crippen molar-refractivity contribution in [2.45, 2.75) is 0 Å². The fourth-order valence-corrected chi connectivity index (χ4v) is 4.47. The van der Waals surface area contributed by atoms with Crippen LogP contribution < -0.4 is 20.1 Å². The summed E-state index contributed by atoms with van der Waals surface area (Å²) in [5.41, 5.74) is 0. The fourth-order valence-electron chi connectivity index (χ4n) is 2.16. The summed E-state index contributed by atoms with van der Waals surface area (Å²) in [6, 6.07) is 16.3. The van der Waals surface area contributed by atoms with Gasteiger partial charge in [0.25, 0.3) is 0 Å². The van der Waals surface area contributed by atoms with E-state index in [1.807, 2.05) is 42.5 Å². The summed E-state index contributed by atoms with van der Waals surface area (Å²) in [4.78, 5) is 0. The predicted octanol–water partition coefficient (Wildman–Crippen LogP) is 3.32. The van der Waals surface area contributed by atoms with Gasteiger partial charge in [0.1, 0.15) is 11.5 Å². The largest absolute Gasteiger partial charge is 0.496 e. The van der Waals surface area contributed by atoms with Gasteiger partial charge in [-0.05, 0) is 26.2 Å². The first-order chi connectivity index (χ1) is 9.81. The summed E-state index contributed by atoms with van der Waals surface area (Å²) >= 11 is 0. The minimum atomic E-state index is -0.572. The van der Waals surface area contributed by atoms with Crippen LogP contribution in [0.3, 0.4) is 0 Å². The minimum absolute atomic E-state index is 0.572. The number of methoxy groups -OCH3 is 2. The average Bonchev–Trinajstić information content (AvgIpc) is 2.52. The lowest BCUT2D eigenvalue weighted by Gasteiger charge is -2.21. The van der Waals surface area contributed by atoms with Gasteiger partial charge in [0.05, 0.1) is 14.2 Å². The van der Waals surface area contributed by atoms with Crippen molar-refractivity contribution in [1.29, 1.82) is 0 Å². The van der Waals surface area contributed by atoms with Crippen LogP contribution in [0.4, 0.5) is 0 Å². The van der Waals surface area contributed by atoms with E-state index in [4.69, 9.17) is 9.47 Å². The van der Waals surface area contributed by atoms with Gasteiger partial charge < -0.3 is 9.47 Å². The molecule has 0 bridgehead atoms. The molecule has 0 saturated carbocycles.